The van der Waals surface area contributed by atoms with Gasteiger partial charge in [-0.05, 0) is 30.2 Å². The van der Waals surface area contributed by atoms with Gasteiger partial charge < -0.3 is 4.90 Å². The second kappa shape index (κ2) is 6.68. The van der Waals surface area contributed by atoms with Gasteiger partial charge in [0.05, 0.1) is 11.3 Å². The molecule has 7 heteroatoms. The summed E-state index contributed by atoms with van der Waals surface area (Å²) in [6.07, 6.45) is 4.01. The smallest absolute Gasteiger partial charge is 0.259 e. The molecule has 2 aromatic heterocycles. The summed E-state index contributed by atoms with van der Waals surface area (Å²) in [6.45, 7) is 2.30. The Kier molecular flexibility index (Phi) is 4.22. The number of carbonyl (C=O) groups is 2. The Hall–Kier alpha value is -3.06. The molecule has 3 aromatic rings. The number of aromatic nitrogens is 2. The first-order chi connectivity index (χ1) is 12.6. The van der Waals surface area contributed by atoms with Crippen LogP contribution in [0.25, 0.3) is 11.3 Å². The quantitative estimate of drug-likeness (QED) is 0.773. The van der Waals surface area contributed by atoms with Gasteiger partial charge in [0.2, 0.25) is 5.91 Å². The predicted molar refractivity (Wildman–Crippen MR) is 101 cm³/mol. The van der Waals surface area contributed by atoms with E-state index in [1.807, 2.05) is 23.6 Å². The van der Waals surface area contributed by atoms with Crippen LogP contribution in [0.4, 0.5) is 10.8 Å². The van der Waals surface area contributed by atoms with Crippen molar-refractivity contribution in [3.05, 3.63) is 59.2 Å². The van der Waals surface area contributed by atoms with Crippen molar-refractivity contribution >= 4 is 34.0 Å². The Labute approximate surface area is 154 Å². The monoisotopic (exact) mass is 364 g/mol. The first-order valence-electron chi connectivity index (χ1n) is 8.20. The molecule has 0 fully saturated rings. The maximum absolute atomic E-state index is 12.2. The van der Waals surface area contributed by atoms with E-state index in [0.717, 1.165) is 29.9 Å². The fourth-order valence-corrected chi connectivity index (χ4v) is 3.71. The molecule has 0 saturated heterocycles. The number of nitrogens with zero attached hydrogens (tertiary/aromatic N) is 3. The first kappa shape index (κ1) is 16.4. The molecule has 6 nitrogen and oxygen atoms in total. The van der Waals surface area contributed by atoms with Gasteiger partial charge >= 0.3 is 0 Å². The van der Waals surface area contributed by atoms with Crippen LogP contribution in [-0.2, 0) is 11.2 Å². The molecule has 3 heterocycles. The second-order valence-electron chi connectivity index (χ2n) is 6.00. The highest BCUT2D eigenvalue weighted by molar-refractivity contribution is 7.14. The molecule has 0 atom stereocenters. The van der Waals surface area contributed by atoms with E-state index in [4.69, 9.17) is 0 Å². The highest BCUT2D eigenvalue weighted by Crippen LogP contribution is 2.34. The minimum atomic E-state index is -0.240. The third-order valence-corrected chi connectivity index (χ3v) is 5.06. The summed E-state index contributed by atoms with van der Waals surface area (Å²) in [4.78, 5) is 34.2. The maximum atomic E-state index is 12.2. The largest absolute Gasteiger partial charge is 0.312 e. The van der Waals surface area contributed by atoms with Crippen LogP contribution in [0.1, 0.15) is 22.8 Å². The maximum Gasteiger partial charge on any atom is 0.259 e. The van der Waals surface area contributed by atoms with Gasteiger partial charge in [-0.1, -0.05) is 12.1 Å². The van der Waals surface area contributed by atoms with Crippen LogP contribution in [0.5, 0.6) is 0 Å². The minimum Gasteiger partial charge on any atom is -0.312 e. The van der Waals surface area contributed by atoms with Crippen molar-refractivity contribution in [3.63, 3.8) is 0 Å². The summed E-state index contributed by atoms with van der Waals surface area (Å²) in [5.74, 6) is -0.195. The van der Waals surface area contributed by atoms with Crippen molar-refractivity contribution in [1.29, 1.82) is 0 Å². The fourth-order valence-electron chi connectivity index (χ4n) is 3.00. The van der Waals surface area contributed by atoms with Gasteiger partial charge in [0.15, 0.2) is 5.13 Å². The number of hydrogen-bond donors (Lipinski definition) is 1. The number of anilines is 2. The van der Waals surface area contributed by atoms with Crippen LogP contribution in [0, 0.1) is 0 Å². The van der Waals surface area contributed by atoms with E-state index in [2.05, 4.69) is 15.3 Å². The Morgan fingerprint density at radius 3 is 2.92 bits per heavy atom. The van der Waals surface area contributed by atoms with Crippen LogP contribution in [0.2, 0.25) is 0 Å². The molecule has 130 valence electrons. The lowest BCUT2D eigenvalue weighted by Gasteiger charge is -2.15. The summed E-state index contributed by atoms with van der Waals surface area (Å²) in [6, 6.07) is 9.46. The lowest BCUT2D eigenvalue weighted by atomic mass is 10.1. The van der Waals surface area contributed by atoms with Crippen LogP contribution >= 0.6 is 11.3 Å². The van der Waals surface area contributed by atoms with Gasteiger partial charge in [-0.15, -0.1) is 11.3 Å². The van der Waals surface area contributed by atoms with E-state index in [1.54, 1.807) is 30.2 Å². The van der Waals surface area contributed by atoms with Crippen molar-refractivity contribution in [2.24, 2.45) is 0 Å². The molecule has 26 heavy (non-hydrogen) atoms. The molecule has 4 rings (SSSR count). The van der Waals surface area contributed by atoms with Gasteiger partial charge in [-0.25, -0.2) is 4.98 Å². The molecule has 0 spiro atoms. The number of thiazole rings is 1. The molecule has 1 aromatic carbocycles. The van der Waals surface area contributed by atoms with E-state index < -0.39 is 0 Å². The number of nitrogens with one attached hydrogen (secondary N) is 1. The first-order valence-corrected chi connectivity index (χ1v) is 9.08. The highest BCUT2D eigenvalue weighted by atomic mass is 32.1. The van der Waals surface area contributed by atoms with Crippen molar-refractivity contribution in [2.75, 3.05) is 16.8 Å². The number of fused-ring (bicyclic) bond motifs is 1. The van der Waals surface area contributed by atoms with Gasteiger partial charge in [-0.2, -0.15) is 0 Å². The molecule has 0 unspecified atom stereocenters. The van der Waals surface area contributed by atoms with Crippen molar-refractivity contribution in [3.8, 4) is 11.3 Å². The molecular formula is C19H16N4O2S. The molecular weight excluding hydrogens is 348 g/mol. The van der Waals surface area contributed by atoms with E-state index in [0.29, 0.717) is 10.7 Å². The molecule has 0 radical (unpaired) electrons. The number of pyridine rings is 1. The molecule has 1 N–H and O–H groups in total. The number of amides is 2. The molecule has 2 amide bonds. The Balaban J connectivity index is 1.56. The summed E-state index contributed by atoms with van der Waals surface area (Å²) < 4.78 is 0. The normalized spacial score (nSPS) is 12.7. The summed E-state index contributed by atoms with van der Waals surface area (Å²) in [5, 5.41) is 5.21. The predicted octanol–water partition coefficient (Wildman–Crippen LogP) is 3.37. The van der Waals surface area contributed by atoms with Crippen LogP contribution in [-0.4, -0.2) is 28.3 Å². The zero-order valence-corrected chi connectivity index (χ0v) is 14.9. The number of hydrogen-bond acceptors (Lipinski definition) is 5. The molecule has 0 saturated carbocycles. The number of rotatable bonds is 3. The lowest BCUT2D eigenvalue weighted by molar-refractivity contribution is -0.116. The summed E-state index contributed by atoms with van der Waals surface area (Å²) in [7, 11) is 0. The van der Waals surface area contributed by atoms with Gasteiger partial charge in [0.25, 0.3) is 5.91 Å². The average Bonchev–Trinajstić information content (AvgIpc) is 3.28. The number of benzene rings is 1. The molecule has 0 aliphatic carbocycles. The van der Waals surface area contributed by atoms with Gasteiger partial charge in [-0.3, -0.25) is 19.9 Å². The van der Waals surface area contributed by atoms with E-state index in [-0.39, 0.29) is 11.8 Å². The highest BCUT2D eigenvalue weighted by Gasteiger charge is 2.22. The van der Waals surface area contributed by atoms with Crippen LogP contribution in [0.15, 0.2) is 48.1 Å². The fraction of sp³-hybridized carbons (Fsp3) is 0.158. The number of carbonyl (C=O) groups excluding carboxylic acids is 2. The third kappa shape index (κ3) is 3.09. The van der Waals surface area contributed by atoms with Gasteiger partial charge in [0.1, 0.15) is 0 Å². The standard InChI is InChI=1S/C19H16N4O2S/c1-12(24)23-8-6-13-4-5-14(9-17(13)23)16-11-26-19(21-16)22-18(25)15-3-2-7-20-10-15/h2-5,7,9-11H,6,8H2,1H3,(H,21,22,25). The van der Waals surface area contributed by atoms with Crippen LogP contribution < -0.4 is 10.2 Å². The summed E-state index contributed by atoms with van der Waals surface area (Å²) >= 11 is 1.36. The molecule has 0 bridgehead atoms. The minimum absolute atomic E-state index is 0.0450. The van der Waals surface area contributed by atoms with Crippen molar-refractivity contribution < 1.29 is 9.59 Å². The Morgan fingerprint density at radius 2 is 2.15 bits per heavy atom. The molecule has 1 aliphatic heterocycles. The molecule has 1 aliphatic rings. The van der Waals surface area contributed by atoms with Gasteiger partial charge in [0, 0.05) is 42.5 Å². The van der Waals surface area contributed by atoms with E-state index >= 15 is 0 Å². The SMILES string of the molecule is CC(=O)N1CCc2ccc(-c3csc(NC(=O)c4cccnc4)n3)cc21. The Morgan fingerprint density at radius 1 is 1.27 bits per heavy atom. The Bertz CT molecular complexity index is 984. The van der Waals surface area contributed by atoms with E-state index in [9.17, 15) is 9.59 Å². The summed E-state index contributed by atoms with van der Waals surface area (Å²) in [5.41, 5.74) is 4.30. The van der Waals surface area contributed by atoms with Crippen LogP contribution in [0.3, 0.4) is 0 Å². The van der Waals surface area contributed by atoms with Crippen molar-refractivity contribution in [2.45, 2.75) is 13.3 Å². The van der Waals surface area contributed by atoms with E-state index in [1.165, 1.54) is 23.1 Å². The van der Waals surface area contributed by atoms with Crippen molar-refractivity contribution in [1.82, 2.24) is 9.97 Å². The second-order valence-corrected chi connectivity index (χ2v) is 6.86. The average molecular weight is 364 g/mol. The zero-order chi connectivity index (χ0) is 18.1. The topological polar surface area (TPSA) is 75.2 Å². The zero-order valence-electron chi connectivity index (χ0n) is 14.1. The lowest BCUT2D eigenvalue weighted by Crippen LogP contribution is -2.25. The third-order valence-electron chi connectivity index (χ3n) is 4.31.